The minimum Gasteiger partial charge on any atom is -0.353 e. The molecule has 7 heteroatoms. The summed E-state index contributed by atoms with van der Waals surface area (Å²) in [7, 11) is 3.39. The quantitative estimate of drug-likeness (QED) is 0.669. The van der Waals surface area contributed by atoms with Gasteiger partial charge in [-0.25, -0.2) is 4.79 Å². The van der Waals surface area contributed by atoms with Crippen molar-refractivity contribution in [2.24, 2.45) is 5.92 Å². The Morgan fingerprint density at radius 1 is 1.14 bits per heavy atom. The van der Waals surface area contributed by atoms with Crippen LogP contribution in [0.1, 0.15) is 32.1 Å². The number of rotatable bonds is 4. The zero-order valence-corrected chi connectivity index (χ0v) is 13.7. The van der Waals surface area contributed by atoms with Gasteiger partial charge in [0.05, 0.1) is 6.04 Å². The molecule has 3 amide bonds. The summed E-state index contributed by atoms with van der Waals surface area (Å²) >= 11 is 0. The highest BCUT2D eigenvalue weighted by Crippen LogP contribution is 2.33. The van der Waals surface area contributed by atoms with Crippen LogP contribution in [0.15, 0.2) is 0 Å². The molecule has 2 fully saturated rings. The summed E-state index contributed by atoms with van der Waals surface area (Å²) in [5, 5.41) is 9.08. The number of nitrogens with zero attached hydrogens (tertiary/aromatic N) is 1. The molecule has 0 aromatic heterocycles. The number of hydrogen-bond acceptors (Lipinski definition) is 3. The van der Waals surface area contributed by atoms with Crippen LogP contribution in [0, 0.1) is 5.92 Å². The predicted molar refractivity (Wildman–Crippen MR) is 84.6 cm³/mol. The molecule has 0 aromatic rings. The standard InChI is InChI=1S/C14H26N4O2.ClH/c1-18(2)14(20)16-8-7-15-13(19)12-9-10-5-3-4-6-11(10)17-12;/h10-12,17H,3-9H2,1-2H3,(H,15,19)(H,16,20);1H. The molecule has 0 aromatic carbocycles. The van der Waals surface area contributed by atoms with Crippen molar-refractivity contribution in [1.29, 1.82) is 0 Å². The number of urea groups is 1. The fourth-order valence-corrected chi connectivity index (χ4v) is 3.16. The van der Waals surface area contributed by atoms with Crippen LogP contribution in [-0.2, 0) is 4.79 Å². The van der Waals surface area contributed by atoms with Crippen LogP contribution < -0.4 is 16.0 Å². The molecule has 21 heavy (non-hydrogen) atoms. The minimum atomic E-state index is -0.135. The molecule has 6 nitrogen and oxygen atoms in total. The van der Waals surface area contributed by atoms with E-state index in [1.807, 2.05) is 0 Å². The molecule has 3 atom stereocenters. The van der Waals surface area contributed by atoms with E-state index in [1.54, 1.807) is 14.1 Å². The average Bonchev–Trinajstić information content (AvgIpc) is 2.86. The molecule has 1 saturated heterocycles. The van der Waals surface area contributed by atoms with Crippen LogP contribution in [0.4, 0.5) is 4.79 Å². The predicted octanol–water partition coefficient (Wildman–Crippen LogP) is 0.716. The number of fused-ring (bicyclic) bond motifs is 1. The van der Waals surface area contributed by atoms with E-state index < -0.39 is 0 Å². The van der Waals surface area contributed by atoms with Crippen LogP contribution in [0.5, 0.6) is 0 Å². The van der Waals surface area contributed by atoms with Crippen molar-refractivity contribution < 1.29 is 9.59 Å². The Bertz CT molecular complexity index is 351. The van der Waals surface area contributed by atoms with Crippen LogP contribution in [0.3, 0.4) is 0 Å². The first-order valence-electron chi connectivity index (χ1n) is 7.57. The molecule has 2 rings (SSSR count). The van der Waals surface area contributed by atoms with Gasteiger partial charge in [0.1, 0.15) is 0 Å². The fraction of sp³-hybridized carbons (Fsp3) is 0.857. The van der Waals surface area contributed by atoms with E-state index in [0.29, 0.717) is 25.0 Å². The Morgan fingerprint density at radius 3 is 2.48 bits per heavy atom. The van der Waals surface area contributed by atoms with E-state index in [9.17, 15) is 9.59 Å². The molecular formula is C14H27ClN4O2. The molecule has 1 aliphatic carbocycles. The lowest BCUT2D eigenvalue weighted by Crippen LogP contribution is -2.46. The van der Waals surface area contributed by atoms with Crippen LogP contribution in [0.2, 0.25) is 0 Å². The number of hydrogen-bond donors (Lipinski definition) is 3. The fourth-order valence-electron chi connectivity index (χ4n) is 3.16. The Labute approximate surface area is 132 Å². The first-order valence-corrected chi connectivity index (χ1v) is 7.57. The smallest absolute Gasteiger partial charge is 0.316 e. The highest BCUT2D eigenvalue weighted by molar-refractivity contribution is 5.85. The zero-order valence-electron chi connectivity index (χ0n) is 12.9. The maximum atomic E-state index is 12.1. The Hall–Kier alpha value is -1.01. The summed E-state index contributed by atoms with van der Waals surface area (Å²) in [6.45, 7) is 0.939. The Morgan fingerprint density at radius 2 is 1.81 bits per heavy atom. The van der Waals surface area contributed by atoms with Gasteiger partial charge in [-0.3, -0.25) is 4.79 Å². The van der Waals surface area contributed by atoms with Crippen molar-refractivity contribution >= 4 is 24.3 Å². The minimum absolute atomic E-state index is 0. The van der Waals surface area contributed by atoms with Crippen molar-refractivity contribution in [1.82, 2.24) is 20.9 Å². The zero-order chi connectivity index (χ0) is 14.5. The molecule has 0 radical (unpaired) electrons. The largest absolute Gasteiger partial charge is 0.353 e. The second-order valence-corrected chi connectivity index (χ2v) is 6.02. The van der Waals surface area contributed by atoms with Crippen LogP contribution in [-0.4, -0.2) is 56.1 Å². The summed E-state index contributed by atoms with van der Waals surface area (Å²) in [4.78, 5) is 24.9. The van der Waals surface area contributed by atoms with Gasteiger partial charge in [-0.15, -0.1) is 12.4 Å². The van der Waals surface area contributed by atoms with E-state index in [-0.39, 0.29) is 30.4 Å². The first kappa shape index (κ1) is 18.0. The highest BCUT2D eigenvalue weighted by Gasteiger charge is 2.37. The van der Waals surface area contributed by atoms with Crippen molar-refractivity contribution in [3.63, 3.8) is 0 Å². The monoisotopic (exact) mass is 318 g/mol. The third-order valence-corrected chi connectivity index (χ3v) is 4.29. The van der Waals surface area contributed by atoms with Gasteiger partial charge < -0.3 is 20.9 Å². The lowest BCUT2D eigenvalue weighted by Gasteiger charge is -2.24. The summed E-state index contributed by atoms with van der Waals surface area (Å²) in [6, 6.07) is 0.352. The normalized spacial score (nSPS) is 27.2. The number of amides is 3. The third kappa shape index (κ3) is 5.04. The molecule has 0 spiro atoms. The molecule has 1 aliphatic heterocycles. The van der Waals surface area contributed by atoms with Gasteiger partial charge in [0.15, 0.2) is 0 Å². The van der Waals surface area contributed by atoms with E-state index in [0.717, 1.165) is 6.42 Å². The summed E-state index contributed by atoms with van der Waals surface area (Å²) < 4.78 is 0. The van der Waals surface area contributed by atoms with E-state index >= 15 is 0 Å². The molecule has 122 valence electrons. The van der Waals surface area contributed by atoms with Gasteiger partial charge in [0.2, 0.25) is 5.91 Å². The van der Waals surface area contributed by atoms with Gasteiger partial charge in [-0.1, -0.05) is 12.8 Å². The molecule has 3 unspecified atom stereocenters. The second-order valence-electron chi connectivity index (χ2n) is 6.02. The molecular weight excluding hydrogens is 292 g/mol. The molecule has 1 heterocycles. The maximum absolute atomic E-state index is 12.1. The lowest BCUT2D eigenvalue weighted by molar-refractivity contribution is -0.122. The SMILES string of the molecule is CN(C)C(=O)NCCNC(=O)C1CC2CCCCC2N1.Cl. The van der Waals surface area contributed by atoms with E-state index in [2.05, 4.69) is 16.0 Å². The second kappa shape index (κ2) is 8.44. The van der Waals surface area contributed by atoms with E-state index in [4.69, 9.17) is 0 Å². The van der Waals surface area contributed by atoms with Crippen molar-refractivity contribution in [3.8, 4) is 0 Å². The average molecular weight is 319 g/mol. The number of carbonyl (C=O) groups is 2. The van der Waals surface area contributed by atoms with Gasteiger partial charge in [0.25, 0.3) is 0 Å². The highest BCUT2D eigenvalue weighted by atomic mass is 35.5. The maximum Gasteiger partial charge on any atom is 0.316 e. The van der Waals surface area contributed by atoms with Crippen molar-refractivity contribution in [3.05, 3.63) is 0 Å². The topological polar surface area (TPSA) is 73.5 Å². The van der Waals surface area contributed by atoms with Gasteiger partial charge in [0, 0.05) is 33.2 Å². The summed E-state index contributed by atoms with van der Waals surface area (Å²) in [5.41, 5.74) is 0. The third-order valence-electron chi connectivity index (χ3n) is 4.29. The molecule has 3 N–H and O–H groups in total. The number of carbonyl (C=O) groups excluding carboxylic acids is 2. The Balaban J connectivity index is 0.00000220. The molecule has 0 bridgehead atoms. The lowest BCUT2D eigenvalue weighted by atomic mass is 9.85. The Kier molecular flexibility index (Phi) is 7.25. The molecule has 1 saturated carbocycles. The van der Waals surface area contributed by atoms with Crippen molar-refractivity contribution in [2.75, 3.05) is 27.2 Å². The number of nitrogens with one attached hydrogen (secondary N) is 3. The summed E-state index contributed by atoms with van der Waals surface area (Å²) in [6.07, 6.45) is 5.99. The summed E-state index contributed by atoms with van der Waals surface area (Å²) in [5.74, 6) is 0.742. The van der Waals surface area contributed by atoms with Gasteiger partial charge in [-0.2, -0.15) is 0 Å². The van der Waals surface area contributed by atoms with Crippen molar-refractivity contribution in [2.45, 2.75) is 44.2 Å². The first-order chi connectivity index (χ1) is 9.58. The van der Waals surface area contributed by atoms with Crippen LogP contribution >= 0.6 is 12.4 Å². The number of halogens is 1. The van der Waals surface area contributed by atoms with Gasteiger partial charge in [-0.05, 0) is 25.2 Å². The van der Waals surface area contributed by atoms with Crippen LogP contribution in [0.25, 0.3) is 0 Å². The molecule has 2 aliphatic rings. The van der Waals surface area contributed by atoms with E-state index in [1.165, 1.54) is 30.6 Å². The van der Waals surface area contributed by atoms with Gasteiger partial charge >= 0.3 is 6.03 Å².